The average Bonchev–Trinajstić information content (AvgIpc) is 2.43. The van der Waals surface area contributed by atoms with Gasteiger partial charge in [-0.25, -0.2) is 4.39 Å². The van der Waals surface area contributed by atoms with E-state index in [0.29, 0.717) is 17.8 Å². The summed E-state index contributed by atoms with van der Waals surface area (Å²) in [5.74, 6) is -0.991. The number of anilines is 2. The second kappa shape index (κ2) is 6.34. The number of nitrogens with one attached hydrogen (secondary N) is 2. The van der Waals surface area contributed by atoms with Crippen LogP contribution in [-0.2, 0) is 0 Å². The van der Waals surface area contributed by atoms with E-state index in [9.17, 15) is 9.18 Å². The number of rotatable bonds is 4. The Kier molecular flexibility index (Phi) is 4.53. The summed E-state index contributed by atoms with van der Waals surface area (Å²) in [7, 11) is 0. The van der Waals surface area contributed by atoms with Crippen LogP contribution in [0.5, 0.6) is 0 Å². The predicted molar refractivity (Wildman–Crippen MR) is 77.8 cm³/mol. The van der Waals surface area contributed by atoms with Crippen molar-refractivity contribution in [2.24, 2.45) is 0 Å². The predicted octanol–water partition coefficient (Wildman–Crippen LogP) is 3.56. The lowest BCUT2D eigenvalue weighted by Gasteiger charge is -2.11. The fraction of sp³-hybridized carbons (Fsp3) is 0.143. The van der Waals surface area contributed by atoms with Crippen LogP contribution < -0.4 is 10.6 Å². The molecule has 0 aliphatic rings. The summed E-state index contributed by atoms with van der Waals surface area (Å²) in [6.07, 6.45) is 3.06. The highest BCUT2D eigenvalue weighted by molar-refractivity contribution is 6.30. The Morgan fingerprint density at radius 2 is 2.15 bits per heavy atom. The fourth-order valence-corrected chi connectivity index (χ4v) is 1.86. The van der Waals surface area contributed by atoms with Gasteiger partial charge in [0.2, 0.25) is 0 Å². The molecule has 0 spiro atoms. The molecule has 0 aliphatic heterocycles. The minimum absolute atomic E-state index is 0.0821. The Morgan fingerprint density at radius 3 is 2.85 bits per heavy atom. The zero-order valence-electron chi connectivity index (χ0n) is 10.8. The number of halogens is 2. The molecular weight excluding hydrogens is 281 g/mol. The number of hydrogen-bond acceptors (Lipinski definition) is 3. The van der Waals surface area contributed by atoms with Crippen molar-refractivity contribution in [1.82, 2.24) is 4.98 Å². The summed E-state index contributed by atoms with van der Waals surface area (Å²) in [6, 6.07) is 5.65. The van der Waals surface area contributed by atoms with Crippen LogP contribution in [0, 0.1) is 5.82 Å². The van der Waals surface area contributed by atoms with Gasteiger partial charge < -0.3 is 10.6 Å². The molecule has 4 nitrogen and oxygen atoms in total. The van der Waals surface area contributed by atoms with E-state index >= 15 is 0 Å². The standard InChI is InChI=1S/C14H13ClFN3O/c1-2-18-13-8-17-6-5-10(13)14(20)19-12-4-3-9(15)7-11(12)16/h3-8,18H,2H2,1H3,(H,19,20). The van der Waals surface area contributed by atoms with E-state index in [4.69, 9.17) is 11.6 Å². The first-order chi connectivity index (χ1) is 9.61. The Balaban J connectivity index is 2.24. The van der Waals surface area contributed by atoms with E-state index in [1.54, 1.807) is 12.3 Å². The highest BCUT2D eigenvalue weighted by atomic mass is 35.5. The first-order valence-electron chi connectivity index (χ1n) is 6.06. The number of carbonyl (C=O) groups excluding carboxylic acids is 1. The summed E-state index contributed by atoms with van der Waals surface area (Å²) in [6.45, 7) is 2.56. The lowest BCUT2D eigenvalue weighted by molar-refractivity contribution is 0.102. The Bertz CT molecular complexity index is 634. The minimum Gasteiger partial charge on any atom is -0.383 e. The van der Waals surface area contributed by atoms with Crippen molar-refractivity contribution in [3.8, 4) is 0 Å². The number of nitrogens with zero attached hydrogens (tertiary/aromatic N) is 1. The number of carbonyl (C=O) groups is 1. The molecule has 1 heterocycles. The molecule has 0 bridgehead atoms. The molecule has 0 saturated carbocycles. The van der Waals surface area contributed by atoms with Crippen LogP contribution in [0.4, 0.5) is 15.8 Å². The summed E-state index contributed by atoms with van der Waals surface area (Å²) in [5, 5.41) is 5.82. The molecule has 0 atom stereocenters. The number of aromatic nitrogens is 1. The molecule has 0 radical (unpaired) electrons. The van der Waals surface area contributed by atoms with E-state index in [0.717, 1.165) is 6.07 Å². The van der Waals surface area contributed by atoms with Crippen molar-refractivity contribution < 1.29 is 9.18 Å². The molecule has 0 saturated heterocycles. The van der Waals surface area contributed by atoms with Gasteiger partial charge in [0.05, 0.1) is 23.1 Å². The van der Waals surface area contributed by atoms with Crippen LogP contribution in [0.3, 0.4) is 0 Å². The molecular formula is C14H13ClFN3O. The van der Waals surface area contributed by atoms with Gasteiger partial charge in [-0.15, -0.1) is 0 Å². The Labute approximate surface area is 121 Å². The molecule has 2 aromatic rings. The third-order valence-corrected chi connectivity index (χ3v) is 2.85. The summed E-state index contributed by atoms with van der Waals surface area (Å²) in [5.41, 5.74) is 1.08. The number of benzene rings is 1. The molecule has 1 aromatic carbocycles. The first-order valence-corrected chi connectivity index (χ1v) is 6.44. The fourth-order valence-electron chi connectivity index (χ4n) is 1.70. The molecule has 0 aliphatic carbocycles. The average molecular weight is 294 g/mol. The van der Waals surface area contributed by atoms with Crippen LogP contribution in [0.15, 0.2) is 36.7 Å². The maximum atomic E-state index is 13.6. The summed E-state index contributed by atoms with van der Waals surface area (Å²) < 4.78 is 13.6. The van der Waals surface area contributed by atoms with Gasteiger partial charge in [0.15, 0.2) is 0 Å². The molecule has 20 heavy (non-hydrogen) atoms. The molecule has 104 valence electrons. The SMILES string of the molecule is CCNc1cnccc1C(=O)Nc1ccc(Cl)cc1F. The van der Waals surface area contributed by atoms with Crippen LogP contribution in [0.25, 0.3) is 0 Å². The summed E-state index contributed by atoms with van der Waals surface area (Å²) in [4.78, 5) is 16.1. The van der Waals surface area contributed by atoms with Crippen molar-refractivity contribution in [1.29, 1.82) is 0 Å². The highest BCUT2D eigenvalue weighted by Crippen LogP contribution is 2.21. The second-order valence-electron chi connectivity index (χ2n) is 4.03. The molecule has 0 fully saturated rings. The smallest absolute Gasteiger partial charge is 0.257 e. The van der Waals surface area contributed by atoms with E-state index in [1.165, 1.54) is 18.3 Å². The van der Waals surface area contributed by atoms with E-state index in [-0.39, 0.29) is 10.7 Å². The molecule has 2 rings (SSSR count). The first kappa shape index (κ1) is 14.3. The number of amides is 1. The van der Waals surface area contributed by atoms with Gasteiger partial charge in [0.1, 0.15) is 5.82 Å². The van der Waals surface area contributed by atoms with Crippen molar-refractivity contribution in [3.05, 3.63) is 53.1 Å². The molecule has 1 aromatic heterocycles. The maximum Gasteiger partial charge on any atom is 0.257 e. The Morgan fingerprint density at radius 1 is 1.35 bits per heavy atom. The normalized spacial score (nSPS) is 10.2. The zero-order chi connectivity index (χ0) is 14.5. The van der Waals surface area contributed by atoms with Gasteiger partial charge in [-0.05, 0) is 31.2 Å². The Hall–Kier alpha value is -2.14. The zero-order valence-corrected chi connectivity index (χ0v) is 11.5. The van der Waals surface area contributed by atoms with E-state index in [2.05, 4.69) is 15.6 Å². The lowest BCUT2D eigenvalue weighted by Crippen LogP contribution is -2.15. The molecule has 2 N–H and O–H groups in total. The van der Waals surface area contributed by atoms with Gasteiger partial charge in [-0.2, -0.15) is 0 Å². The van der Waals surface area contributed by atoms with E-state index < -0.39 is 11.7 Å². The minimum atomic E-state index is -0.579. The quantitative estimate of drug-likeness (QED) is 0.906. The molecule has 6 heteroatoms. The van der Waals surface area contributed by atoms with Crippen molar-refractivity contribution in [2.45, 2.75) is 6.92 Å². The van der Waals surface area contributed by atoms with Gasteiger partial charge in [0.25, 0.3) is 5.91 Å². The monoisotopic (exact) mass is 293 g/mol. The third-order valence-electron chi connectivity index (χ3n) is 2.61. The van der Waals surface area contributed by atoms with E-state index in [1.807, 2.05) is 6.92 Å². The second-order valence-corrected chi connectivity index (χ2v) is 4.47. The van der Waals surface area contributed by atoms with Crippen LogP contribution in [0.2, 0.25) is 5.02 Å². The number of pyridine rings is 1. The number of hydrogen-bond donors (Lipinski definition) is 2. The molecule has 1 amide bonds. The molecule has 0 unspecified atom stereocenters. The van der Waals surface area contributed by atoms with Gasteiger partial charge >= 0.3 is 0 Å². The maximum absolute atomic E-state index is 13.6. The lowest BCUT2D eigenvalue weighted by atomic mass is 10.2. The van der Waals surface area contributed by atoms with Gasteiger partial charge in [0, 0.05) is 17.8 Å². The topological polar surface area (TPSA) is 54.0 Å². The largest absolute Gasteiger partial charge is 0.383 e. The summed E-state index contributed by atoms with van der Waals surface area (Å²) >= 11 is 5.67. The third kappa shape index (κ3) is 3.24. The van der Waals surface area contributed by atoms with Crippen molar-refractivity contribution in [2.75, 3.05) is 17.2 Å². The highest BCUT2D eigenvalue weighted by Gasteiger charge is 2.13. The van der Waals surface area contributed by atoms with Crippen LogP contribution >= 0.6 is 11.6 Å². The van der Waals surface area contributed by atoms with Crippen LogP contribution in [-0.4, -0.2) is 17.4 Å². The van der Waals surface area contributed by atoms with Crippen molar-refractivity contribution in [3.63, 3.8) is 0 Å². The van der Waals surface area contributed by atoms with Gasteiger partial charge in [-0.3, -0.25) is 9.78 Å². The van der Waals surface area contributed by atoms with Crippen molar-refractivity contribution >= 4 is 28.9 Å². The van der Waals surface area contributed by atoms with Gasteiger partial charge in [-0.1, -0.05) is 11.6 Å². The van der Waals surface area contributed by atoms with Crippen LogP contribution in [0.1, 0.15) is 17.3 Å².